The van der Waals surface area contributed by atoms with Gasteiger partial charge in [0, 0.05) is 24.3 Å². The molecule has 1 N–H and O–H groups in total. The minimum absolute atomic E-state index is 0.0107. The van der Waals surface area contributed by atoms with Crippen LogP contribution in [0.5, 0.6) is 0 Å². The van der Waals surface area contributed by atoms with Crippen LogP contribution in [-0.2, 0) is 9.53 Å². The average molecular weight is 466 g/mol. The summed E-state index contributed by atoms with van der Waals surface area (Å²) in [5.74, 6) is 0.591. The lowest BCUT2D eigenvalue weighted by Gasteiger charge is -2.28. The number of ketones is 1. The number of benzene rings is 2. The van der Waals surface area contributed by atoms with Crippen LogP contribution < -0.4 is 10.2 Å². The van der Waals surface area contributed by atoms with Crippen molar-refractivity contribution in [1.82, 2.24) is 14.8 Å². The molecule has 1 unspecified atom stereocenters. The summed E-state index contributed by atoms with van der Waals surface area (Å²) in [5.41, 5.74) is 3.33. The number of morpholine rings is 1. The number of nitrogens with zero attached hydrogens (tertiary/aromatic N) is 4. The van der Waals surface area contributed by atoms with Gasteiger partial charge in [-0.15, -0.1) is 10.2 Å². The van der Waals surface area contributed by atoms with E-state index in [1.165, 1.54) is 18.7 Å². The van der Waals surface area contributed by atoms with Crippen molar-refractivity contribution in [2.45, 2.75) is 31.2 Å². The first-order chi connectivity index (χ1) is 15.9. The third-order valence-electron chi connectivity index (χ3n) is 5.48. The molecule has 0 spiro atoms. The zero-order chi connectivity index (χ0) is 23.4. The number of ether oxygens (including phenoxy) is 1. The number of aromatic nitrogens is 3. The monoisotopic (exact) mass is 465 g/mol. The second-order valence-electron chi connectivity index (χ2n) is 7.89. The van der Waals surface area contributed by atoms with E-state index >= 15 is 0 Å². The Balaban J connectivity index is 1.56. The van der Waals surface area contributed by atoms with Crippen LogP contribution >= 0.6 is 11.8 Å². The maximum Gasteiger partial charge on any atom is 0.237 e. The Labute approximate surface area is 197 Å². The molecule has 4 rings (SSSR count). The van der Waals surface area contributed by atoms with Crippen LogP contribution in [0.1, 0.15) is 29.8 Å². The minimum Gasteiger partial charge on any atom is -0.378 e. The van der Waals surface area contributed by atoms with Crippen molar-refractivity contribution in [1.29, 1.82) is 0 Å². The Morgan fingerprint density at radius 3 is 2.42 bits per heavy atom. The van der Waals surface area contributed by atoms with E-state index in [0.29, 0.717) is 29.6 Å². The molecule has 3 aromatic rings. The molecule has 9 heteroatoms. The summed E-state index contributed by atoms with van der Waals surface area (Å²) in [5, 5.41) is 12.1. The third kappa shape index (κ3) is 5.26. The minimum atomic E-state index is -0.415. The SMILES string of the molecule is CC(=O)c1ccc(NC(=O)C(C)Sc2nnc(N3CCOCC3)n2-c2ccccc2C)cc1. The van der Waals surface area contributed by atoms with Gasteiger partial charge in [0.25, 0.3) is 0 Å². The van der Waals surface area contributed by atoms with Gasteiger partial charge in [-0.1, -0.05) is 30.0 Å². The van der Waals surface area contributed by atoms with E-state index in [1.54, 1.807) is 24.3 Å². The molecule has 2 heterocycles. The van der Waals surface area contributed by atoms with Crippen molar-refractivity contribution in [3.05, 3.63) is 59.7 Å². The van der Waals surface area contributed by atoms with Gasteiger partial charge < -0.3 is 15.0 Å². The molecule has 0 aliphatic carbocycles. The molecular formula is C24H27N5O3S. The van der Waals surface area contributed by atoms with Crippen LogP contribution in [-0.4, -0.2) is 58.0 Å². The molecule has 1 aliphatic heterocycles. The molecular weight excluding hydrogens is 438 g/mol. The maximum absolute atomic E-state index is 12.9. The molecule has 0 radical (unpaired) electrons. The topological polar surface area (TPSA) is 89.3 Å². The number of amides is 1. The van der Waals surface area contributed by atoms with Crippen LogP contribution in [0.4, 0.5) is 11.6 Å². The molecule has 1 aromatic heterocycles. The fraction of sp³-hybridized carbons (Fsp3) is 0.333. The molecule has 33 heavy (non-hydrogen) atoms. The third-order valence-corrected chi connectivity index (χ3v) is 6.52. The fourth-order valence-electron chi connectivity index (χ4n) is 3.58. The van der Waals surface area contributed by atoms with Crippen LogP contribution in [0.25, 0.3) is 5.69 Å². The van der Waals surface area contributed by atoms with Gasteiger partial charge in [0.1, 0.15) is 0 Å². The van der Waals surface area contributed by atoms with E-state index in [1.807, 2.05) is 42.7 Å². The van der Waals surface area contributed by atoms with Crippen LogP contribution in [0.15, 0.2) is 53.7 Å². The normalized spacial score (nSPS) is 14.7. The van der Waals surface area contributed by atoms with Gasteiger partial charge >= 0.3 is 0 Å². The number of carbonyl (C=O) groups excluding carboxylic acids is 2. The summed E-state index contributed by atoms with van der Waals surface area (Å²) in [7, 11) is 0. The second kappa shape index (κ2) is 10.2. The number of aryl methyl sites for hydroxylation is 1. The molecule has 2 aromatic carbocycles. The lowest BCUT2D eigenvalue weighted by molar-refractivity contribution is -0.115. The Morgan fingerprint density at radius 2 is 1.76 bits per heavy atom. The molecule has 1 fully saturated rings. The zero-order valence-corrected chi connectivity index (χ0v) is 19.8. The van der Waals surface area contributed by atoms with E-state index in [4.69, 9.17) is 4.74 Å². The van der Waals surface area contributed by atoms with Crippen LogP contribution in [0, 0.1) is 6.92 Å². The van der Waals surface area contributed by atoms with E-state index in [0.717, 1.165) is 30.3 Å². The first-order valence-electron chi connectivity index (χ1n) is 10.9. The van der Waals surface area contributed by atoms with Crippen molar-refractivity contribution in [3.8, 4) is 5.69 Å². The number of para-hydroxylation sites is 1. The highest BCUT2D eigenvalue weighted by atomic mass is 32.2. The molecule has 8 nitrogen and oxygen atoms in total. The Hall–Kier alpha value is -3.17. The van der Waals surface area contributed by atoms with E-state index in [9.17, 15) is 9.59 Å². The summed E-state index contributed by atoms with van der Waals surface area (Å²) in [6, 6.07) is 15.0. The van der Waals surface area contributed by atoms with Crippen molar-refractivity contribution < 1.29 is 14.3 Å². The molecule has 1 saturated heterocycles. The Kier molecular flexibility index (Phi) is 7.10. The van der Waals surface area contributed by atoms with Gasteiger partial charge in [0.15, 0.2) is 10.9 Å². The summed E-state index contributed by atoms with van der Waals surface area (Å²) >= 11 is 1.36. The average Bonchev–Trinajstić information content (AvgIpc) is 3.23. The van der Waals surface area contributed by atoms with Crippen LogP contribution in [0.2, 0.25) is 0 Å². The first-order valence-corrected chi connectivity index (χ1v) is 11.7. The van der Waals surface area contributed by atoms with Gasteiger partial charge in [-0.05, 0) is 56.7 Å². The van der Waals surface area contributed by atoms with E-state index in [-0.39, 0.29) is 11.7 Å². The fourth-order valence-corrected chi connectivity index (χ4v) is 4.43. The van der Waals surface area contributed by atoms with Gasteiger partial charge in [-0.25, -0.2) is 0 Å². The molecule has 172 valence electrons. The van der Waals surface area contributed by atoms with Crippen molar-refractivity contribution in [2.75, 3.05) is 36.5 Å². The Bertz CT molecular complexity index is 1140. The Morgan fingerprint density at radius 1 is 1.06 bits per heavy atom. The highest BCUT2D eigenvalue weighted by Crippen LogP contribution is 2.31. The van der Waals surface area contributed by atoms with Crippen molar-refractivity contribution >= 4 is 35.1 Å². The van der Waals surface area contributed by atoms with Gasteiger partial charge in [-0.3, -0.25) is 14.2 Å². The summed E-state index contributed by atoms with van der Waals surface area (Å²) in [4.78, 5) is 26.5. The predicted octanol–water partition coefficient (Wildman–Crippen LogP) is 3.73. The van der Waals surface area contributed by atoms with Gasteiger partial charge in [-0.2, -0.15) is 0 Å². The standard InChI is InChI=1S/C24H27N5O3S/c1-16-6-4-5-7-21(16)29-23(28-12-14-32-15-13-28)26-27-24(29)33-18(3)22(31)25-20-10-8-19(9-11-20)17(2)30/h4-11,18H,12-15H2,1-3H3,(H,25,31). The number of thioether (sulfide) groups is 1. The van der Waals surface area contributed by atoms with Gasteiger partial charge in [0.2, 0.25) is 11.9 Å². The lowest BCUT2D eigenvalue weighted by atomic mass is 10.1. The predicted molar refractivity (Wildman–Crippen MR) is 130 cm³/mol. The van der Waals surface area contributed by atoms with Crippen molar-refractivity contribution in [2.24, 2.45) is 0 Å². The quantitative estimate of drug-likeness (QED) is 0.420. The number of Topliss-reactive ketones (excluding diaryl/α,β-unsaturated/α-hetero) is 1. The number of hydrogen-bond donors (Lipinski definition) is 1. The van der Waals surface area contributed by atoms with E-state index < -0.39 is 5.25 Å². The number of rotatable bonds is 7. The van der Waals surface area contributed by atoms with Crippen LogP contribution in [0.3, 0.4) is 0 Å². The first kappa shape index (κ1) is 23.0. The summed E-state index contributed by atoms with van der Waals surface area (Å²) in [6.45, 7) is 8.17. The van der Waals surface area contributed by atoms with Crippen molar-refractivity contribution in [3.63, 3.8) is 0 Å². The number of anilines is 2. The largest absolute Gasteiger partial charge is 0.378 e. The molecule has 1 aliphatic rings. The highest BCUT2D eigenvalue weighted by molar-refractivity contribution is 8.00. The molecule has 0 bridgehead atoms. The maximum atomic E-state index is 12.9. The van der Waals surface area contributed by atoms with E-state index in [2.05, 4.69) is 20.4 Å². The molecule has 1 atom stereocenters. The second-order valence-corrected chi connectivity index (χ2v) is 9.19. The number of carbonyl (C=O) groups is 2. The lowest BCUT2D eigenvalue weighted by Crippen LogP contribution is -2.38. The summed E-state index contributed by atoms with van der Waals surface area (Å²) in [6.07, 6.45) is 0. The number of nitrogens with one attached hydrogen (secondary N) is 1. The highest BCUT2D eigenvalue weighted by Gasteiger charge is 2.25. The smallest absolute Gasteiger partial charge is 0.237 e. The number of hydrogen-bond acceptors (Lipinski definition) is 7. The summed E-state index contributed by atoms with van der Waals surface area (Å²) < 4.78 is 7.52. The zero-order valence-electron chi connectivity index (χ0n) is 18.9. The van der Waals surface area contributed by atoms with Gasteiger partial charge in [0.05, 0.1) is 24.2 Å². The molecule has 0 saturated carbocycles. The molecule has 1 amide bonds.